The molecule has 0 aromatic rings. The van der Waals surface area contributed by atoms with Crippen LogP contribution in [0.3, 0.4) is 0 Å². The number of carbonyl (C=O) groups excluding carboxylic acids is 1. The first-order valence-corrected chi connectivity index (χ1v) is 1.01. The Morgan fingerprint density at radius 1 is 1.67 bits per heavy atom. The molecule has 28 valence electrons. The molecule has 0 heterocycles. The molecule has 0 atom stereocenters. The van der Waals surface area contributed by atoms with E-state index < -0.39 is 0 Å². The number of hydrogen-bond acceptors (Lipinski definition) is 2. The Bertz CT molecular complexity index is 43.3. The molecule has 0 saturated carbocycles. The fraction of sp³-hybridized carbons (Fsp3) is 0. The minimum absolute atomic E-state index is 0. The van der Waals surface area contributed by atoms with Crippen molar-refractivity contribution < 1.29 is 4.79 Å². The molecule has 0 spiro atoms. The summed E-state index contributed by atoms with van der Waals surface area (Å²) in [5, 5.41) is 7.32. The zero-order chi connectivity index (χ0) is 4.71. The van der Waals surface area contributed by atoms with E-state index in [9.17, 15) is 0 Å². The second-order valence-corrected chi connectivity index (χ2v) is 0.224. The average Bonchev–Trinajstić information content (AvgIpc) is 1.46. The van der Waals surface area contributed by atoms with Gasteiger partial charge >= 0.3 is 29.6 Å². The Balaban J connectivity index is -0.0000000275. The van der Waals surface area contributed by atoms with E-state index in [4.69, 9.17) is 10.1 Å². The molecular formula is C2H5BNNaO. The van der Waals surface area contributed by atoms with E-state index in [1.54, 1.807) is 5.97 Å². The molecule has 0 amide bonds. The van der Waals surface area contributed by atoms with Gasteiger partial charge in [-0.05, 0) is 5.97 Å². The van der Waals surface area contributed by atoms with E-state index in [1.165, 1.54) is 7.85 Å². The first-order chi connectivity index (χ1) is 2.41. The second-order valence-electron chi connectivity index (χ2n) is 0.224. The van der Waals surface area contributed by atoms with Gasteiger partial charge in [0.1, 0.15) is 6.79 Å². The third kappa shape index (κ3) is 868. The zero-order valence-electron chi connectivity index (χ0n) is 3.06. The Morgan fingerprint density at radius 3 is 1.67 bits per heavy atom. The average molecular weight is 92.9 g/mol. The molecule has 0 bridgehead atoms. The van der Waals surface area contributed by atoms with Crippen molar-refractivity contribution in [3.63, 3.8) is 0 Å². The van der Waals surface area contributed by atoms with Crippen LogP contribution in [-0.4, -0.2) is 44.2 Å². The summed E-state index contributed by atoms with van der Waals surface area (Å²) in [4.78, 5) is 8.00. The number of hydrogen-bond donors (Lipinski definition) is 0. The van der Waals surface area contributed by atoms with E-state index in [0.29, 0.717) is 0 Å². The van der Waals surface area contributed by atoms with Gasteiger partial charge in [-0.1, -0.05) is 0 Å². The number of rotatable bonds is 0. The van der Waals surface area contributed by atoms with Crippen LogP contribution in [-0.2, 0) is 4.79 Å². The molecule has 0 saturated heterocycles. The van der Waals surface area contributed by atoms with Crippen LogP contribution in [0.25, 0.3) is 0 Å². The molecule has 4 heteroatoms. The third-order valence-corrected chi connectivity index (χ3v) is 0. The molecule has 0 unspecified atom stereocenters. The summed E-state index contributed by atoms with van der Waals surface area (Å²) < 4.78 is 0. The topological polar surface area (TPSA) is 40.9 Å². The first-order valence-electron chi connectivity index (χ1n) is 1.01. The number of nitriles is 1. The second kappa shape index (κ2) is 62.2. The molecule has 0 aromatic carbocycles. The van der Waals surface area contributed by atoms with E-state index >= 15 is 0 Å². The summed E-state index contributed by atoms with van der Waals surface area (Å²) in [6.45, 7) is 2.00. The van der Waals surface area contributed by atoms with Crippen molar-refractivity contribution in [2.45, 2.75) is 0 Å². The van der Waals surface area contributed by atoms with E-state index in [0.717, 1.165) is 0 Å². The Morgan fingerprint density at radius 2 is 1.67 bits per heavy atom. The fourth-order valence-corrected chi connectivity index (χ4v) is 0. The molecule has 0 aromatic heterocycles. The predicted molar refractivity (Wildman–Crippen MR) is 28.4 cm³/mol. The monoisotopic (exact) mass is 93.0 g/mol. The van der Waals surface area contributed by atoms with Gasteiger partial charge in [0, 0.05) is 0 Å². The van der Waals surface area contributed by atoms with Crippen molar-refractivity contribution in [1.29, 1.82) is 5.26 Å². The quantitative estimate of drug-likeness (QED) is 0.334. The molecule has 0 aliphatic rings. The van der Waals surface area contributed by atoms with Crippen LogP contribution in [0.2, 0.25) is 0 Å². The van der Waals surface area contributed by atoms with Crippen LogP contribution >= 0.6 is 0 Å². The van der Waals surface area contributed by atoms with Crippen molar-refractivity contribution in [3.8, 4) is 5.97 Å². The van der Waals surface area contributed by atoms with E-state index in [2.05, 4.69) is 0 Å². The van der Waals surface area contributed by atoms with Crippen molar-refractivity contribution in [2.75, 3.05) is 0 Å². The van der Waals surface area contributed by atoms with Crippen LogP contribution in [0.5, 0.6) is 0 Å². The van der Waals surface area contributed by atoms with Crippen LogP contribution in [0.4, 0.5) is 0 Å². The van der Waals surface area contributed by atoms with Gasteiger partial charge in [0.15, 0.2) is 0 Å². The van der Waals surface area contributed by atoms with Crippen LogP contribution in [0.15, 0.2) is 0 Å². The van der Waals surface area contributed by atoms with Gasteiger partial charge in [-0.15, -0.1) is 0 Å². The summed E-state index contributed by atoms with van der Waals surface area (Å²) >= 11 is 0. The standard InChI is InChI=1S/CH2BN.CH2O.Na.H/c2-1-3;1-2;;/h2H2;1H2;;. The van der Waals surface area contributed by atoms with Gasteiger partial charge < -0.3 is 4.79 Å². The molecule has 0 radical (unpaired) electrons. The van der Waals surface area contributed by atoms with Crippen LogP contribution < -0.4 is 0 Å². The Hall–Kier alpha value is 0.225. The number of nitrogens with zero attached hydrogens (tertiary/aromatic N) is 1. The summed E-state index contributed by atoms with van der Waals surface area (Å²) in [6, 6.07) is 0. The molecular weight excluding hydrogens is 87.8 g/mol. The molecule has 2 nitrogen and oxygen atoms in total. The molecule has 0 aliphatic heterocycles. The summed E-state index contributed by atoms with van der Waals surface area (Å²) in [5.41, 5.74) is 0. The zero-order valence-corrected chi connectivity index (χ0v) is 3.06. The molecule has 0 fully saturated rings. The molecule has 6 heavy (non-hydrogen) atoms. The van der Waals surface area contributed by atoms with Crippen molar-refractivity contribution in [3.05, 3.63) is 0 Å². The minimum atomic E-state index is 0. The van der Waals surface area contributed by atoms with Gasteiger partial charge in [0.05, 0.1) is 0 Å². The summed E-state index contributed by atoms with van der Waals surface area (Å²) in [7, 11) is 1.43. The third-order valence-electron chi connectivity index (χ3n) is 0. The summed E-state index contributed by atoms with van der Waals surface area (Å²) in [5.74, 6) is 1.75. The first kappa shape index (κ1) is 16.3. The van der Waals surface area contributed by atoms with Crippen LogP contribution in [0, 0.1) is 11.2 Å². The predicted octanol–water partition coefficient (Wildman–Crippen LogP) is -1.73. The van der Waals surface area contributed by atoms with E-state index in [-0.39, 0.29) is 29.6 Å². The Kier molecular flexibility index (Phi) is 169. The van der Waals surface area contributed by atoms with Gasteiger partial charge in [-0.3, -0.25) is 0 Å². The van der Waals surface area contributed by atoms with Gasteiger partial charge in [-0.25, -0.2) is 5.26 Å². The SMILES string of the molecule is BC#N.C=O.[NaH]. The molecule has 0 aliphatic carbocycles. The summed E-state index contributed by atoms with van der Waals surface area (Å²) in [6.07, 6.45) is 0. The van der Waals surface area contributed by atoms with Crippen molar-refractivity contribution in [1.82, 2.24) is 0 Å². The maximum absolute atomic E-state index is 8.00. The van der Waals surface area contributed by atoms with E-state index in [1.807, 2.05) is 6.79 Å². The van der Waals surface area contributed by atoms with Gasteiger partial charge in [-0.2, -0.15) is 0 Å². The molecule has 0 N–H and O–H groups in total. The molecule has 0 rings (SSSR count). The maximum atomic E-state index is 8.00. The Labute approximate surface area is 60.2 Å². The van der Waals surface area contributed by atoms with Crippen LogP contribution in [0.1, 0.15) is 0 Å². The normalized spacial score (nSPS) is 1.83. The van der Waals surface area contributed by atoms with Gasteiger partial charge in [0.2, 0.25) is 7.85 Å². The van der Waals surface area contributed by atoms with Gasteiger partial charge in [0.25, 0.3) is 0 Å². The van der Waals surface area contributed by atoms with Crippen molar-refractivity contribution >= 4 is 44.2 Å². The fourth-order valence-electron chi connectivity index (χ4n) is 0. The van der Waals surface area contributed by atoms with Crippen molar-refractivity contribution in [2.24, 2.45) is 0 Å². The number of carbonyl (C=O) groups is 1.